The van der Waals surface area contributed by atoms with E-state index in [2.05, 4.69) is 11.7 Å². The van der Waals surface area contributed by atoms with Crippen molar-refractivity contribution >= 4 is 5.97 Å². The molecule has 0 bridgehead atoms. The number of ether oxygens (including phenoxy) is 1. The van der Waals surface area contributed by atoms with Crippen LogP contribution in [0.15, 0.2) is 0 Å². The van der Waals surface area contributed by atoms with E-state index in [9.17, 15) is 13.6 Å². The lowest BCUT2D eigenvalue weighted by Gasteiger charge is -2.12. The van der Waals surface area contributed by atoms with Crippen LogP contribution in [0.2, 0.25) is 0 Å². The van der Waals surface area contributed by atoms with Gasteiger partial charge in [-0.1, -0.05) is 77.6 Å². The quantitative estimate of drug-likeness (QED) is 0.295. The fraction of sp³-hybridized carbons (Fsp3) is 0.941. The highest BCUT2D eigenvalue weighted by molar-refractivity contribution is 5.77. The van der Waals surface area contributed by atoms with Crippen LogP contribution >= 0.6 is 0 Å². The first-order valence-corrected chi connectivity index (χ1v) is 8.51. The fourth-order valence-electron chi connectivity index (χ4n) is 2.44. The third-order valence-corrected chi connectivity index (χ3v) is 3.83. The Hall–Kier alpha value is -0.670. The van der Waals surface area contributed by atoms with Gasteiger partial charge < -0.3 is 4.74 Å². The third-order valence-electron chi connectivity index (χ3n) is 3.83. The van der Waals surface area contributed by atoms with E-state index >= 15 is 0 Å². The molecule has 0 fully saturated rings. The first-order valence-electron chi connectivity index (χ1n) is 8.51. The van der Waals surface area contributed by atoms with Crippen molar-refractivity contribution in [3.05, 3.63) is 0 Å². The van der Waals surface area contributed by atoms with Gasteiger partial charge in [0.15, 0.2) is 0 Å². The number of methoxy groups -OCH3 is 1. The molecule has 0 aliphatic heterocycles. The summed E-state index contributed by atoms with van der Waals surface area (Å²) in [6, 6.07) is 0. The average molecular weight is 306 g/mol. The zero-order valence-corrected chi connectivity index (χ0v) is 13.8. The SMILES string of the molecule is CCCCCCCCCCCCCCC(F)(F)C(=O)OC. The molecule has 0 spiro atoms. The second kappa shape index (κ2) is 13.0. The molecule has 0 unspecified atom stereocenters. The summed E-state index contributed by atoms with van der Waals surface area (Å²) in [6.07, 6.45) is 13.2. The zero-order valence-electron chi connectivity index (χ0n) is 13.8. The molecular formula is C17H32F2O2. The van der Waals surface area contributed by atoms with E-state index in [-0.39, 0.29) is 0 Å². The summed E-state index contributed by atoms with van der Waals surface area (Å²) < 4.78 is 30.4. The zero-order chi connectivity index (χ0) is 16.0. The molecule has 126 valence electrons. The average Bonchev–Trinajstić information content (AvgIpc) is 2.47. The lowest BCUT2D eigenvalue weighted by molar-refractivity contribution is -0.169. The van der Waals surface area contributed by atoms with Gasteiger partial charge >= 0.3 is 11.9 Å². The Labute approximate surface area is 128 Å². The van der Waals surface area contributed by atoms with Crippen LogP contribution in [-0.2, 0) is 9.53 Å². The second-order valence-electron chi connectivity index (χ2n) is 5.84. The summed E-state index contributed by atoms with van der Waals surface area (Å²) in [4.78, 5) is 10.8. The molecule has 0 radical (unpaired) electrons. The van der Waals surface area contributed by atoms with E-state index in [1.165, 1.54) is 51.4 Å². The van der Waals surface area contributed by atoms with E-state index in [1.807, 2.05) is 0 Å². The van der Waals surface area contributed by atoms with Crippen molar-refractivity contribution in [2.24, 2.45) is 0 Å². The normalized spacial score (nSPS) is 11.6. The van der Waals surface area contributed by atoms with Crippen molar-refractivity contribution in [1.82, 2.24) is 0 Å². The van der Waals surface area contributed by atoms with Crippen LogP contribution in [-0.4, -0.2) is 19.0 Å². The molecule has 4 heteroatoms. The first-order chi connectivity index (χ1) is 10.0. The number of carbonyl (C=O) groups is 1. The monoisotopic (exact) mass is 306 g/mol. The number of halogens is 2. The molecule has 2 nitrogen and oxygen atoms in total. The number of carbonyl (C=O) groups excluding carboxylic acids is 1. The lowest BCUT2D eigenvalue weighted by atomic mass is 10.0. The molecule has 0 aliphatic rings. The minimum Gasteiger partial charge on any atom is -0.465 e. The molecule has 0 aliphatic carbocycles. The van der Waals surface area contributed by atoms with Crippen LogP contribution in [0.4, 0.5) is 8.78 Å². The van der Waals surface area contributed by atoms with Gasteiger partial charge in [0.1, 0.15) is 0 Å². The Balaban J connectivity index is 3.28. The summed E-state index contributed by atoms with van der Waals surface area (Å²) in [7, 11) is 0.999. The van der Waals surface area contributed by atoms with Gasteiger partial charge in [-0.25, -0.2) is 4.79 Å². The lowest BCUT2D eigenvalue weighted by Crippen LogP contribution is -2.29. The van der Waals surface area contributed by atoms with Crippen molar-refractivity contribution in [2.45, 2.75) is 96.3 Å². The van der Waals surface area contributed by atoms with Gasteiger partial charge in [-0.15, -0.1) is 0 Å². The highest BCUT2D eigenvalue weighted by Gasteiger charge is 2.38. The Morgan fingerprint density at radius 3 is 1.57 bits per heavy atom. The number of hydrogen-bond acceptors (Lipinski definition) is 2. The number of esters is 1. The van der Waals surface area contributed by atoms with Crippen molar-refractivity contribution in [2.75, 3.05) is 7.11 Å². The highest BCUT2D eigenvalue weighted by Crippen LogP contribution is 2.23. The highest BCUT2D eigenvalue weighted by atomic mass is 19.3. The summed E-state index contributed by atoms with van der Waals surface area (Å²) >= 11 is 0. The van der Waals surface area contributed by atoms with E-state index in [1.54, 1.807) is 0 Å². The summed E-state index contributed by atoms with van der Waals surface area (Å²) in [5.74, 6) is -4.72. The molecule has 0 heterocycles. The Bertz CT molecular complexity index is 255. The fourth-order valence-corrected chi connectivity index (χ4v) is 2.44. The molecule has 0 aromatic rings. The van der Waals surface area contributed by atoms with Crippen LogP contribution in [0.25, 0.3) is 0 Å². The van der Waals surface area contributed by atoms with Gasteiger partial charge in [-0.05, 0) is 6.42 Å². The smallest absolute Gasteiger partial charge is 0.376 e. The van der Waals surface area contributed by atoms with Crippen molar-refractivity contribution in [3.63, 3.8) is 0 Å². The van der Waals surface area contributed by atoms with E-state index in [0.717, 1.165) is 26.4 Å². The largest absolute Gasteiger partial charge is 0.465 e. The molecule has 0 N–H and O–H groups in total. The summed E-state index contributed by atoms with van der Waals surface area (Å²) in [5, 5.41) is 0. The maximum absolute atomic E-state index is 13.1. The topological polar surface area (TPSA) is 26.3 Å². The summed E-state index contributed by atoms with van der Waals surface area (Å²) in [5.41, 5.74) is 0. The van der Waals surface area contributed by atoms with Gasteiger partial charge in [0.05, 0.1) is 7.11 Å². The van der Waals surface area contributed by atoms with Gasteiger partial charge in [0.2, 0.25) is 0 Å². The standard InChI is InChI=1S/C17H32F2O2/c1-3-4-5-6-7-8-9-10-11-12-13-14-15-17(18,19)16(20)21-2/h3-15H2,1-2H3. The van der Waals surface area contributed by atoms with Gasteiger partial charge in [0.25, 0.3) is 0 Å². The maximum atomic E-state index is 13.1. The number of hydrogen-bond donors (Lipinski definition) is 0. The Morgan fingerprint density at radius 2 is 1.19 bits per heavy atom. The van der Waals surface area contributed by atoms with Gasteiger partial charge in [0, 0.05) is 6.42 Å². The van der Waals surface area contributed by atoms with Crippen molar-refractivity contribution in [3.8, 4) is 0 Å². The second-order valence-corrected chi connectivity index (χ2v) is 5.84. The van der Waals surface area contributed by atoms with Crippen LogP contribution in [0.5, 0.6) is 0 Å². The molecule has 0 atom stereocenters. The van der Waals surface area contributed by atoms with E-state index < -0.39 is 18.3 Å². The van der Waals surface area contributed by atoms with E-state index in [0.29, 0.717) is 6.42 Å². The number of rotatable bonds is 14. The van der Waals surface area contributed by atoms with Gasteiger partial charge in [-0.2, -0.15) is 8.78 Å². The van der Waals surface area contributed by atoms with Gasteiger partial charge in [-0.3, -0.25) is 0 Å². The van der Waals surface area contributed by atoms with Crippen molar-refractivity contribution < 1.29 is 18.3 Å². The van der Waals surface area contributed by atoms with Crippen LogP contribution in [0.3, 0.4) is 0 Å². The minimum atomic E-state index is -3.31. The first kappa shape index (κ1) is 20.3. The predicted molar refractivity (Wildman–Crippen MR) is 82.7 cm³/mol. The van der Waals surface area contributed by atoms with Crippen LogP contribution < -0.4 is 0 Å². The molecule has 0 aromatic heterocycles. The Kier molecular flexibility index (Phi) is 12.6. The van der Waals surface area contributed by atoms with Crippen molar-refractivity contribution in [1.29, 1.82) is 0 Å². The Morgan fingerprint density at radius 1 is 0.810 bits per heavy atom. The maximum Gasteiger partial charge on any atom is 0.376 e. The minimum absolute atomic E-state index is 0.388. The number of unbranched alkanes of at least 4 members (excludes halogenated alkanes) is 11. The predicted octanol–water partition coefficient (Wildman–Crippen LogP) is 5.89. The molecule has 0 amide bonds. The van der Waals surface area contributed by atoms with E-state index in [4.69, 9.17) is 0 Å². The molecule has 0 saturated heterocycles. The third kappa shape index (κ3) is 11.6. The molecule has 0 rings (SSSR count). The summed E-state index contributed by atoms with van der Waals surface area (Å²) in [6.45, 7) is 2.22. The molecular weight excluding hydrogens is 274 g/mol. The van der Waals surface area contributed by atoms with Crippen LogP contribution in [0, 0.1) is 0 Å². The molecule has 0 saturated carbocycles. The number of alkyl halides is 2. The van der Waals surface area contributed by atoms with Crippen LogP contribution in [0.1, 0.15) is 90.4 Å². The molecule has 0 aromatic carbocycles. The molecule has 21 heavy (non-hydrogen) atoms.